The second-order valence-corrected chi connectivity index (χ2v) is 7.00. The number of nitrogens with one attached hydrogen (secondary N) is 1. The van der Waals surface area contributed by atoms with Gasteiger partial charge in [0, 0.05) is 37.5 Å². The highest BCUT2D eigenvalue weighted by molar-refractivity contribution is 5.75. The topological polar surface area (TPSA) is 33.1 Å². The number of hydrogen-bond donors (Lipinski definition) is 1. The maximum Gasteiger partial charge on any atom is 0.133 e. The van der Waals surface area contributed by atoms with E-state index < -0.39 is 0 Å². The highest BCUT2D eigenvalue weighted by Crippen LogP contribution is 2.36. The fourth-order valence-corrected chi connectivity index (χ4v) is 3.46. The van der Waals surface area contributed by atoms with Crippen LogP contribution in [0.5, 0.6) is 0 Å². The van der Waals surface area contributed by atoms with E-state index in [1.165, 1.54) is 27.9 Å². The number of nitrogens with zero attached hydrogens (tertiary/aromatic N) is 3. The molecule has 2 aromatic carbocycles. The first-order valence-corrected chi connectivity index (χ1v) is 8.76. The third kappa shape index (κ3) is 2.68. The van der Waals surface area contributed by atoms with Crippen LogP contribution in [0.25, 0.3) is 16.9 Å². The van der Waals surface area contributed by atoms with Gasteiger partial charge >= 0.3 is 0 Å². The van der Waals surface area contributed by atoms with Crippen molar-refractivity contribution in [2.45, 2.75) is 20.3 Å². The van der Waals surface area contributed by atoms with Gasteiger partial charge < -0.3 is 10.2 Å². The third-order valence-electron chi connectivity index (χ3n) is 4.88. The minimum atomic E-state index is 0.971. The summed E-state index contributed by atoms with van der Waals surface area (Å²) in [5, 5.41) is 8.54. The van der Waals surface area contributed by atoms with E-state index >= 15 is 0 Å². The highest BCUT2D eigenvalue weighted by atomic mass is 15.3. The Labute approximate surface area is 149 Å². The lowest BCUT2D eigenvalue weighted by molar-refractivity contribution is 0.874. The molecule has 0 unspecified atom stereocenters. The van der Waals surface area contributed by atoms with Gasteiger partial charge in [-0.3, -0.25) is 0 Å². The number of hydrogen-bond acceptors (Lipinski definition) is 3. The van der Waals surface area contributed by atoms with Crippen LogP contribution in [-0.4, -0.2) is 30.4 Å². The Kier molecular flexibility index (Phi) is 3.75. The number of anilines is 2. The van der Waals surface area contributed by atoms with Crippen molar-refractivity contribution in [3.8, 4) is 16.9 Å². The van der Waals surface area contributed by atoms with Gasteiger partial charge in [0.05, 0.1) is 11.4 Å². The molecule has 0 bridgehead atoms. The SMILES string of the molecule is Cc1ccc(C)c(-n2nc(-c3cccc(N(C)C)c3)c3c2NCC3)c1. The van der Waals surface area contributed by atoms with E-state index in [1.54, 1.807) is 0 Å². The summed E-state index contributed by atoms with van der Waals surface area (Å²) in [4.78, 5) is 2.13. The number of fused-ring (bicyclic) bond motifs is 1. The van der Waals surface area contributed by atoms with Crippen molar-refractivity contribution in [3.63, 3.8) is 0 Å². The van der Waals surface area contributed by atoms with E-state index in [9.17, 15) is 0 Å². The molecule has 0 saturated heterocycles. The first-order valence-electron chi connectivity index (χ1n) is 8.76. The zero-order valence-corrected chi connectivity index (χ0v) is 15.3. The smallest absolute Gasteiger partial charge is 0.133 e. The Bertz CT molecular complexity index is 937. The monoisotopic (exact) mass is 332 g/mol. The van der Waals surface area contributed by atoms with Crippen molar-refractivity contribution < 1.29 is 0 Å². The number of benzene rings is 2. The molecule has 1 aliphatic rings. The van der Waals surface area contributed by atoms with Crippen LogP contribution < -0.4 is 10.2 Å². The fourth-order valence-electron chi connectivity index (χ4n) is 3.46. The minimum absolute atomic E-state index is 0.971. The predicted octanol–water partition coefficient (Wildman–Crippen LogP) is 4.19. The summed E-state index contributed by atoms with van der Waals surface area (Å²) in [6, 6.07) is 15.1. The standard InChI is InChI=1S/C21H24N4/c1-14-8-9-15(2)19(12-14)25-21-18(10-11-22-21)20(23-25)16-6-5-7-17(13-16)24(3)4/h5-9,12-13,22H,10-11H2,1-4H3. The Morgan fingerprint density at radius 1 is 1.08 bits per heavy atom. The summed E-state index contributed by atoms with van der Waals surface area (Å²) in [6.45, 7) is 5.24. The van der Waals surface area contributed by atoms with Gasteiger partial charge in [-0.05, 0) is 49.6 Å². The Morgan fingerprint density at radius 2 is 1.92 bits per heavy atom. The molecule has 0 amide bonds. The summed E-state index contributed by atoms with van der Waals surface area (Å²) >= 11 is 0. The zero-order chi connectivity index (χ0) is 17.6. The van der Waals surface area contributed by atoms with Crippen LogP contribution in [0.2, 0.25) is 0 Å². The molecule has 0 atom stereocenters. The number of rotatable bonds is 3. The Balaban J connectivity index is 1.89. The van der Waals surface area contributed by atoms with E-state index in [0.29, 0.717) is 0 Å². The van der Waals surface area contributed by atoms with E-state index in [1.807, 2.05) is 0 Å². The first-order chi connectivity index (χ1) is 12.0. The van der Waals surface area contributed by atoms with Crippen LogP contribution in [0.4, 0.5) is 11.5 Å². The molecule has 128 valence electrons. The summed E-state index contributed by atoms with van der Waals surface area (Å²) < 4.78 is 2.09. The Hall–Kier alpha value is -2.75. The number of aromatic nitrogens is 2. The normalized spacial score (nSPS) is 12.8. The maximum atomic E-state index is 5.01. The molecule has 0 saturated carbocycles. The molecule has 2 heterocycles. The van der Waals surface area contributed by atoms with Gasteiger partial charge in [-0.2, -0.15) is 5.10 Å². The molecule has 3 aromatic rings. The molecule has 4 nitrogen and oxygen atoms in total. The summed E-state index contributed by atoms with van der Waals surface area (Å²) in [5.74, 6) is 1.14. The molecule has 0 radical (unpaired) electrons. The molecule has 0 aliphatic carbocycles. The molecular weight excluding hydrogens is 308 g/mol. The third-order valence-corrected chi connectivity index (χ3v) is 4.88. The Morgan fingerprint density at radius 3 is 2.72 bits per heavy atom. The van der Waals surface area contributed by atoms with Gasteiger partial charge in [-0.1, -0.05) is 24.3 Å². The lowest BCUT2D eigenvalue weighted by atomic mass is 10.1. The molecule has 0 spiro atoms. The van der Waals surface area contributed by atoms with Gasteiger partial charge in [0.2, 0.25) is 0 Å². The average Bonchev–Trinajstić information content (AvgIpc) is 3.19. The molecule has 4 rings (SSSR count). The number of aryl methyl sites for hydroxylation is 2. The van der Waals surface area contributed by atoms with Crippen molar-refractivity contribution in [2.75, 3.05) is 30.9 Å². The maximum absolute atomic E-state index is 5.01. The average molecular weight is 332 g/mol. The molecular formula is C21H24N4. The van der Waals surface area contributed by atoms with Crippen molar-refractivity contribution in [1.82, 2.24) is 9.78 Å². The van der Waals surface area contributed by atoms with Gasteiger partial charge in [-0.15, -0.1) is 0 Å². The van der Waals surface area contributed by atoms with Crippen LogP contribution in [-0.2, 0) is 6.42 Å². The van der Waals surface area contributed by atoms with Crippen LogP contribution >= 0.6 is 0 Å². The molecule has 4 heteroatoms. The summed E-state index contributed by atoms with van der Waals surface area (Å²) in [5.41, 5.74) is 8.41. The van der Waals surface area contributed by atoms with Gasteiger partial charge in [0.1, 0.15) is 5.82 Å². The van der Waals surface area contributed by atoms with Crippen molar-refractivity contribution in [3.05, 3.63) is 59.2 Å². The van der Waals surface area contributed by atoms with Crippen molar-refractivity contribution in [2.24, 2.45) is 0 Å². The second-order valence-electron chi connectivity index (χ2n) is 7.00. The molecule has 25 heavy (non-hydrogen) atoms. The minimum Gasteiger partial charge on any atom is -0.378 e. The van der Waals surface area contributed by atoms with E-state index in [4.69, 9.17) is 5.10 Å². The second kappa shape index (κ2) is 5.96. The summed E-state index contributed by atoms with van der Waals surface area (Å²) in [6.07, 6.45) is 1.02. The van der Waals surface area contributed by atoms with Crippen LogP contribution in [0.15, 0.2) is 42.5 Å². The van der Waals surface area contributed by atoms with Gasteiger partial charge in [0.25, 0.3) is 0 Å². The fraction of sp³-hybridized carbons (Fsp3) is 0.286. The van der Waals surface area contributed by atoms with E-state index in [0.717, 1.165) is 30.2 Å². The lowest BCUT2D eigenvalue weighted by Crippen LogP contribution is -2.08. The van der Waals surface area contributed by atoms with Crippen LogP contribution in [0.3, 0.4) is 0 Å². The van der Waals surface area contributed by atoms with E-state index in [2.05, 4.69) is 85.3 Å². The van der Waals surface area contributed by atoms with Gasteiger partial charge in [0.15, 0.2) is 0 Å². The van der Waals surface area contributed by atoms with Crippen molar-refractivity contribution in [1.29, 1.82) is 0 Å². The molecule has 0 fully saturated rings. The van der Waals surface area contributed by atoms with Gasteiger partial charge in [-0.25, -0.2) is 4.68 Å². The van der Waals surface area contributed by atoms with E-state index in [-0.39, 0.29) is 0 Å². The lowest BCUT2D eigenvalue weighted by Gasteiger charge is -2.13. The molecule has 1 aliphatic heterocycles. The highest BCUT2D eigenvalue weighted by Gasteiger charge is 2.24. The zero-order valence-electron chi connectivity index (χ0n) is 15.3. The molecule has 1 aromatic heterocycles. The largest absolute Gasteiger partial charge is 0.378 e. The quantitative estimate of drug-likeness (QED) is 0.781. The predicted molar refractivity (Wildman–Crippen MR) is 105 cm³/mol. The van der Waals surface area contributed by atoms with Crippen LogP contribution in [0, 0.1) is 13.8 Å². The van der Waals surface area contributed by atoms with Crippen LogP contribution in [0.1, 0.15) is 16.7 Å². The summed E-state index contributed by atoms with van der Waals surface area (Å²) in [7, 11) is 4.14. The first kappa shape index (κ1) is 15.8. The molecule has 1 N–H and O–H groups in total. The van der Waals surface area contributed by atoms with Crippen molar-refractivity contribution >= 4 is 11.5 Å².